The topological polar surface area (TPSA) is 130 Å². The van der Waals surface area contributed by atoms with Crippen LogP contribution in [0.15, 0.2) is 0 Å². The molecule has 18 heavy (non-hydrogen) atoms. The Morgan fingerprint density at radius 3 is 2.44 bits per heavy atom. The van der Waals surface area contributed by atoms with Gasteiger partial charge in [-0.2, -0.15) is 0 Å². The highest BCUT2D eigenvalue weighted by molar-refractivity contribution is 6.40. The number of carbonyl (C=O) groups is 1. The van der Waals surface area contributed by atoms with Gasteiger partial charge in [-0.1, -0.05) is 12.8 Å². The Balaban J connectivity index is 2.50. The summed E-state index contributed by atoms with van der Waals surface area (Å²) in [6.07, 6.45) is 3.98. The molecule has 0 aromatic carbocycles. The van der Waals surface area contributed by atoms with E-state index < -0.39 is 18.6 Å². The summed E-state index contributed by atoms with van der Waals surface area (Å²) >= 11 is 0. The van der Waals surface area contributed by atoms with E-state index in [2.05, 4.69) is 0 Å². The van der Waals surface area contributed by atoms with Gasteiger partial charge in [-0.15, -0.1) is 0 Å². The maximum Gasteiger partial charge on any atom is 0.451 e. The summed E-state index contributed by atoms with van der Waals surface area (Å²) in [5.41, 5.74) is 10.6. The molecule has 1 aliphatic rings. The zero-order valence-electron chi connectivity index (χ0n) is 10.6. The predicted octanol–water partition coefficient (Wildman–Crippen LogP) is -0.461. The number of rotatable bonds is 7. The van der Waals surface area contributed by atoms with Crippen molar-refractivity contribution in [1.82, 2.24) is 0 Å². The highest BCUT2D eigenvalue weighted by Gasteiger charge is 2.44. The molecule has 6 nitrogen and oxygen atoms in total. The fraction of sp³-hybridized carbons (Fsp3) is 0.909. The largest absolute Gasteiger partial charge is 0.480 e. The van der Waals surface area contributed by atoms with Crippen molar-refractivity contribution in [3.8, 4) is 0 Å². The number of nitrogens with two attached hydrogens (primary N) is 2. The Kier molecular flexibility index (Phi) is 5.59. The van der Waals surface area contributed by atoms with Gasteiger partial charge in [-0.25, -0.2) is 0 Å². The number of hydrogen-bond acceptors (Lipinski definition) is 5. The van der Waals surface area contributed by atoms with Crippen LogP contribution in [0.2, 0.25) is 6.32 Å². The summed E-state index contributed by atoms with van der Waals surface area (Å²) < 4.78 is 0. The van der Waals surface area contributed by atoms with Crippen LogP contribution < -0.4 is 11.5 Å². The summed E-state index contributed by atoms with van der Waals surface area (Å²) in [5.74, 6) is -1.06. The van der Waals surface area contributed by atoms with Gasteiger partial charge >= 0.3 is 13.1 Å². The van der Waals surface area contributed by atoms with E-state index in [0.29, 0.717) is 25.7 Å². The maximum absolute atomic E-state index is 11.4. The summed E-state index contributed by atoms with van der Waals surface area (Å²) in [6.45, 7) is 0. The van der Waals surface area contributed by atoms with Crippen LogP contribution in [-0.4, -0.2) is 39.8 Å². The van der Waals surface area contributed by atoms with E-state index in [4.69, 9.17) is 21.5 Å². The minimum Gasteiger partial charge on any atom is -0.480 e. The minimum atomic E-state index is -1.33. The average molecular weight is 258 g/mol. The van der Waals surface area contributed by atoms with Crippen LogP contribution in [0, 0.1) is 5.92 Å². The number of hydrogen-bond donors (Lipinski definition) is 5. The molecule has 0 amide bonds. The predicted molar refractivity (Wildman–Crippen MR) is 68.7 cm³/mol. The standard InChI is InChI=1S/C11H23BN2O4/c13-9-4-3-8(7-9)11(14,10(15)16)5-1-2-6-12(17)18/h8-9,17-18H,1-7,13-14H2,(H,15,16)/t8?,9-,11-/m0/s1. The molecule has 3 atom stereocenters. The maximum atomic E-state index is 11.4. The van der Waals surface area contributed by atoms with Crippen molar-refractivity contribution in [3.63, 3.8) is 0 Å². The molecular weight excluding hydrogens is 235 g/mol. The summed E-state index contributed by atoms with van der Waals surface area (Å²) in [5, 5.41) is 26.8. The second-order valence-corrected chi connectivity index (χ2v) is 5.34. The lowest BCUT2D eigenvalue weighted by Gasteiger charge is -2.31. The van der Waals surface area contributed by atoms with Crippen molar-refractivity contribution in [2.24, 2.45) is 17.4 Å². The van der Waals surface area contributed by atoms with Crippen LogP contribution in [-0.2, 0) is 4.79 Å². The Hall–Kier alpha value is -0.625. The fourth-order valence-electron chi connectivity index (χ4n) is 2.71. The Morgan fingerprint density at radius 2 is 2.00 bits per heavy atom. The third kappa shape index (κ3) is 3.95. The second-order valence-electron chi connectivity index (χ2n) is 5.34. The van der Waals surface area contributed by atoms with E-state index in [-0.39, 0.29) is 18.3 Å². The van der Waals surface area contributed by atoms with Gasteiger partial charge in [0.2, 0.25) is 0 Å². The van der Waals surface area contributed by atoms with Crippen molar-refractivity contribution in [2.45, 2.75) is 56.4 Å². The summed E-state index contributed by atoms with van der Waals surface area (Å²) in [4.78, 5) is 11.4. The van der Waals surface area contributed by atoms with Crippen LogP contribution in [0.5, 0.6) is 0 Å². The molecule has 1 rings (SSSR count). The minimum absolute atomic E-state index is 0.0524. The van der Waals surface area contributed by atoms with Crippen molar-refractivity contribution < 1.29 is 19.9 Å². The highest BCUT2D eigenvalue weighted by atomic mass is 16.4. The molecular formula is C11H23BN2O4. The summed E-state index contributed by atoms with van der Waals surface area (Å²) in [6, 6.07) is 0.0524. The van der Waals surface area contributed by atoms with E-state index in [9.17, 15) is 9.90 Å². The van der Waals surface area contributed by atoms with Gasteiger partial charge in [0, 0.05) is 6.04 Å². The molecule has 0 saturated heterocycles. The number of carboxylic acids is 1. The Bertz CT molecular complexity index is 290. The number of aliphatic carboxylic acids is 1. The zero-order chi connectivity index (χ0) is 13.8. The molecule has 0 aromatic rings. The van der Waals surface area contributed by atoms with Crippen molar-refractivity contribution in [3.05, 3.63) is 0 Å². The first-order valence-electron chi connectivity index (χ1n) is 6.50. The van der Waals surface area contributed by atoms with Crippen LogP contribution in [0.4, 0.5) is 0 Å². The molecule has 1 fully saturated rings. The van der Waals surface area contributed by atoms with Crippen LogP contribution in [0.1, 0.15) is 38.5 Å². The third-order valence-electron chi connectivity index (χ3n) is 3.90. The Morgan fingerprint density at radius 1 is 1.33 bits per heavy atom. The normalized spacial score (nSPS) is 26.9. The van der Waals surface area contributed by atoms with Crippen LogP contribution >= 0.6 is 0 Å². The lowest BCUT2D eigenvalue weighted by atomic mass is 9.77. The van der Waals surface area contributed by atoms with E-state index in [0.717, 1.165) is 12.8 Å². The van der Waals surface area contributed by atoms with Gasteiger partial charge in [0.25, 0.3) is 0 Å². The molecule has 1 unspecified atom stereocenters. The molecule has 0 aliphatic heterocycles. The molecule has 0 bridgehead atoms. The average Bonchev–Trinajstić information content (AvgIpc) is 2.71. The van der Waals surface area contributed by atoms with Gasteiger partial charge in [-0.05, 0) is 37.9 Å². The van der Waals surface area contributed by atoms with Gasteiger partial charge in [0.15, 0.2) is 0 Å². The van der Waals surface area contributed by atoms with E-state index in [1.54, 1.807) is 0 Å². The lowest BCUT2D eigenvalue weighted by molar-refractivity contribution is -0.146. The molecule has 7 N–H and O–H groups in total. The molecule has 0 spiro atoms. The van der Waals surface area contributed by atoms with Gasteiger partial charge in [0.05, 0.1) is 0 Å². The van der Waals surface area contributed by atoms with Gasteiger partial charge in [-0.3, -0.25) is 4.79 Å². The van der Waals surface area contributed by atoms with E-state index in [1.165, 1.54) is 0 Å². The SMILES string of the molecule is N[C@H]1CCC([C@@](N)(CCCCB(O)O)C(=O)O)C1. The molecule has 104 valence electrons. The van der Waals surface area contributed by atoms with Crippen molar-refractivity contribution >= 4 is 13.1 Å². The molecule has 0 heterocycles. The van der Waals surface area contributed by atoms with Crippen LogP contribution in [0.25, 0.3) is 0 Å². The van der Waals surface area contributed by atoms with E-state index in [1.807, 2.05) is 0 Å². The fourth-order valence-corrected chi connectivity index (χ4v) is 2.71. The molecule has 0 radical (unpaired) electrons. The third-order valence-corrected chi connectivity index (χ3v) is 3.90. The van der Waals surface area contributed by atoms with E-state index >= 15 is 0 Å². The van der Waals surface area contributed by atoms with Gasteiger partial charge in [0.1, 0.15) is 5.54 Å². The lowest BCUT2D eigenvalue weighted by Crippen LogP contribution is -2.53. The number of unbranched alkanes of at least 4 members (excludes halogenated alkanes) is 1. The highest BCUT2D eigenvalue weighted by Crippen LogP contribution is 2.35. The zero-order valence-corrected chi connectivity index (χ0v) is 10.6. The van der Waals surface area contributed by atoms with Crippen molar-refractivity contribution in [1.29, 1.82) is 0 Å². The Labute approximate surface area is 107 Å². The first-order chi connectivity index (χ1) is 8.36. The second kappa shape index (κ2) is 6.52. The molecule has 0 aromatic heterocycles. The summed E-state index contributed by atoms with van der Waals surface area (Å²) in [7, 11) is -1.33. The molecule has 7 heteroatoms. The first-order valence-corrected chi connectivity index (χ1v) is 6.50. The molecule has 1 aliphatic carbocycles. The monoisotopic (exact) mass is 258 g/mol. The van der Waals surface area contributed by atoms with Gasteiger partial charge < -0.3 is 26.6 Å². The van der Waals surface area contributed by atoms with Crippen molar-refractivity contribution in [2.75, 3.05) is 0 Å². The quantitative estimate of drug-likeness (QED) is 0.310. The smallest absolute Gasteiger partial charge is 0.451 e. The molecule has 1 saturated carbocycles. The first kappa shape index (κ1) is 15.4. The van der Waals surface area contributed by atoms with Crippen LogP contribution in [0.3, 0.4) is 0 Å². The number of carboxylic acid groups (broad SMARTS) is 1.